The maximum Gasteiger partial charge on any atom is 0.269 e. The molecular weight excluding hydrogens is 248 g/mol. The van der Waals surface area contributed by atoms with E-state index >= 15 is 0 Å². The van der Waals surface area contributed by atoms with E-state index in [4.69, 9.17) is 4.74 Å². The van der Waals surface area contributed by atoms with Gasteiger partial charge in [0.05, 0.1) is 18.5 Å². The molecule has 1 aromatic rings. The number of nitrogens with one attached hydrogen (secondary N) is 2. The van der Waals surface area contributed by atoms with Gasteiger partial charge >= 0.3 is 0 Å². The highest BCUT2D eigenvalue weighted by Gasteiger charge is 2.21. The van der Waals surface area contributed by atoms with Crippen molar-refractivity contribution in [3.8, 4) is 0 Å². The molecule has 1 amide bonds. The Morgan fingerprint density at radius 2 is 2.37 bits per heavy atom. The number of rotatable bonds is 7. The SMILES string of the molecule is COCCNC(=O)Cn1ncc(NC2CC2)cc1=O. The fourth-order valence-electron chi connectivity index (χ4n) is 1.58. The largest absolute Gasteiger partial charge is 0.383 e. The summed E-state index contributed by atoms with van der Waals surface area (Å²) in [6, 6.07) is 1.93. The van der Waals surface area contributed by atoms with Gasteiger partial charge < -0.3 is 15.4 Å². The van der Waals surface area contributed by atoms with Crippen molar-refractivity contribution in [2.45, 2.75) is 25.4 Å². The monoisotopic (exact) mass is 266 g/mol. The number of amides is 1. The summed E-state index contributed by atoms with van der Waals surface area (Å²) in [6.07, 6.45) is 3.83. The average Bonchev–Trinajstić information content (AvgIpc) is 3.17. The van der Waals surface area contributed by atoms with Crippen molar-refractivity contribution >= 4 is 11.6 Å². The molecule has 1 aliphatic carbocycles. The van der Waals surface area contributed by atoms with E-state index in [0.29, 0.717) is 24.9 Å². The van der Waals surface area contributed by atoms with Gasteiger partial charge in [0.15, 0.2) is 0 Å². The van der Waals surface area contributed by atoms with Crippen molar-refractivity contribution in [1.29, 1.82) is 0 Å². The lowest BCUT2D eigenvalue weighted by molar-refractivity contribution is -0.122. The molecule has 1 aliphatic rings. The number of aromatic nitrogens is 2. The number of nitrogens with zero attached hydrogens (tertiary/aromatic N) is 2. The molecule has 1 heterocycles. The van der Waals surface area contributed by atoms with Gasteiger partial charge in [0.1, 0.15) is 6.54 Å². The first-order valence-corrected chi connectivity index (χ1v) is 6.28. The number of hydrogen-bond donors (Lipinski definition) is 2. The Labute approximate surface area is 110 Å². The number of ether oxygens (including phenoxy) is 1. The second-order valence-corrected chi connectivity index (χ2v) is 4.50. The van der Waals surface area contributed by atoms with Crippen LogP contribution in [-0.4, -0.2) is 42.0 Å². The molecule has 0 unspecified atom stereocenters. The van der Waals surface area contributed by atoms with Crippen LogP contribution in [0.2, 0.25) is 0 Å². The number of hydrogen-bond acceptors (Lipinski definition) is 5. The third-order valence-corrected chi connectivity index (χ3v) is 2.74. The van der Waals surface area contributed by atoms with Gasteiger partial charge in [0, 0.05) is 25.8 Å². The summed E-state index contributed by atoms with van der Waals surface area (Å²) in [7, 11) is 1.56. The van der Waals surface area contributed by atoms with Crippen LogP contribution in [0.1, 0.15) is 12.8 Å². The van der Waals surface area contributed by atoms with Crippen molar-refractivity contribution < 1.29 is 9.53 Å². The Kier molecular flexibility index (Phi) is 4.51. The molecule has 1 saturated carbocycles. The van der Waals surface area contributed by atoms with Crippen molar-refractivity contribution in [2.75, 3.05) is 25.6 Å². The summed E-state index contributed by atoms with van der Waals surface area (Å²) in [6.45, 7) is 0.788. The van der Waals surface area contributed by atoms with Gasteiger partial charge in [-0.25, -0.2) is 4.68 Å². The van der Waals surface area contributed by atoms with Gasteiger partial charge in [-0.3, -0.25) is 9.59 Å². The minimum atomic E-state index is -0.285. The van der Waals surface area contributed by atoms with Gasteiger partial charge in [-0.15, -0.1) is 0 Å². The van der Waals surface area contributed by atoms with Crippen LogP contribution in [0.15, 0.2) is 17.1 Å². The van der Waals surface area contributed by atoms with Crippen molar-refractivity contribution in [2.24, 2.45) is 0 Å². The van der Waals surface area contributed by atoms with Gasteiger partial charge in [-0.1, -0.05) is 0 Å². The van der Waals surface area contributed by atoms with Crippen molar-refractivity contribution in [3.63, 3.8) is 0 Å². The summed E-state index contributed by atoms with van der Waals surface area (Å²) in [5.74, 6) is -0.255. The van der Waals surface area contributed by atoms with Gasteiger partial charge in [0.2, 0.25) is 5.91 Å². The second kappa shape index (κ2) is 6.33. The standard InChI is InChI=1S/C12H18N4O3/c1-19-5-4-13-11(17)8-16-12(18)6-10(7-14-16)15-9-2-3-9/h6-7,9,15H,2-5,8H2,1H3,(H,13,17). The lowest BCUT2D eigenvalue weighted by atomic mass is 10.4. The van der Waals surface area contributed by atoms with E-state index in [1.165, 1.54) is 6.07 Å². The number of methoxy groups -OCH3 is 1. The lowest BCUT2D eigenvalue weighted by Gasteiger charge is -2.07. The third-order valence-electron chi connectivity index (χ3n) is 2.74. The minimum absolute atomic E-state index is 0.0771. The van der Waals surface area contributed by atoms with E-state index in [1.54, 1.807) is 13.3 Å². The number of carbonyl (C=O) groups excluding carboxylic acids is 1. The van der Waals surface area contributed by atoms with E-state index < -0.39 is 0 Å². The summed E-state index contributed by atoms with van der Waals surface area (Å²) in [5, 5.41) is 9.80. The molecule has 0 saturated heterocycles. The van der Waals surface area contributed by atoms with Gasteiger partial charge in [-0.05, 0) is 12.8 Å². The Morgan fingerprint density at radius 1 is 1.58 bits per heavy atom. The van der Waals surface area contributed by atoms with Crippen LogP contribution in [0.4, 0.5) is 5.69 Å². The van der Waals surface area contributed by atoms with E-state index in [1.807, 2.05) is 0 Å². The van der Waals surface area contributed by atoms with E-state index in [2.05, 4.69) is 15.7 Å². The fraction of sp³-hybridized carbons (Fsp3) is 0.583. The first-order chi connectivity index (χ1) is 9.19. The van der Waals surface area contributed by atoms with Crippen LogP contribution in [-0.2, 0) is 16.1 Å². The molecule has 0 bridgehead atoms. The topological polar surface area (TPSA) is 85.2 Å². The Balaban J connectivity index is 1.89. The third kappa shape index (κ3) is 4.36. The first kappa shape index (κ1) is 13.5. The highest BCUT2D eigenvalue weighted by molar-refractivity contribution is 5.75. The predicted octanol–water partition coefficient (Wildman–Crippen LogP) is -0.420. The molecule has 0 spiro atoms. The van der Waals surface area contributed by atoms with Crippen LogP contribution < -0.4 is 16.2 Å². The number of carbonyl (C=O) groups is 1. The quantitative estimate of drug-likeness (QED) is 0.655. The zero-order valence-corrected chi connectivity index (χ0v) is 10.9. The molecule has 104 valence electrons. The molecule has 7 heteroatoms. The molecule has 2 N–H and O–H groups in total. The van der Waals surface area contributed by atoms with Crippen LogP contribution in [0.5, 0.6) is 0 Å². The molecule has 0 aliphatic heterocycles. The fourth-order valence-corrected chi connectivity index (χ4v) is 1.58. The summed E-state index contributed by atoms with van der Waals surface area (Å²) in [5.41, 5.74) is 0.427. The first-order valence-electron chi connectivity index (χ1n) is 6.28. The van der Waals surface area contributed by atoms with Crippen LogP contribution in [0, 0.1) is 0 Å². The molecule has 7 nitrogen and oxygen atoms in total. The summed E-state index contributed by atoms with van der Waals surface area (Å²) in [4.78, 5) is 23.3. The maximum absolute atomic E-state index is 11.8. The van der Waals surface area contributed by atoms with Crippen LogP contribution in [0.3, 0.4) is 0 Å². The predicted molar refractivity (Wildman–Crippen MR) is 70.0 cm³/mol. The molecule has 0 aromatic carbocycles. The van der Waals surface area contributed by atoms with Gasteiger partial charge in [-0.2, -0.15) is 5.10 Å². The molecule has 0 radical (unpaired) electrons. The molecule has 1 fully saturated rings. The molecule has 2 rings (SSSR count). The smallest absolute Gasteiger partial charge is 0.269 e. The molecule has 0 atom stereocenters. The Morgan fingerprint density at radius 3 is 3.00 bits per heavy atom. The van der Waals surface area contributed by atoms with Crippen molar-refractivity contribution in [1.82, 2.24) is 15.1 Å². The lowest BCUT2D eigenvalue weighted by Crippen LogP contribution is -2.35. The average molecular weight is 266 g/mol. The van der Waals surface area contributed by atoms with E-state index in [-0.39, 0.29) is 18.0 Å². The highest BCUT2D eigenvalue weighted by Crippen LogP contribution is 2.23. The molecule has 19 heavy (non-hydrogen) atoms. The Hall–Kier alpha value is -1.89. The molecular formula is C12H18N4O3. The summed E-state index contributed by atoms with van der Waals surface area (Å²) < 4.78 is 5.96. The molecule has 1 aromatic heterocycles. The van der Waals surface area contributed by atoms with Gasteiger partial charge in [0.25, 0.3) is 5.56 Å². The maximum atomic E-state index is 11.8. The minimum Gasteiger partial charge on any atom is -0.383 e. The normalized spacial score (nSPS) is 14.2. The van der Waals surface area contributed by atoms with Crippen molar-refractivity contribution in [3.05, 3.63) is 22.6 Å². The Bertz CT molecular complexity index is 496. The second-order valence-electron chi connectivity index (χ2n) is 4.50. The van der Waals surface area contributed by atoms with E-state index in [0.717, 1.165) is 17.5 Å². The van der Waals surface area contributed by atoms with Crippen LogP contribution in [0.25, 0.3) is 0 Å². The number of anilines is 1. The zero-order valence-electron chi connectivity index (χ0n) is 10.9. The van der Waals surface area contributed by atoms with E-state index in [9.17, 15) is 9.59 Å². The zero-order chi connectivity index (χ0) is 13.7. The highest BCUT2D eigenvalue weighted by atomic mass is 16.5. The summed E-state index contributed by atoms with van der Waals surface area (Å²) >= 11 is 0. The van der Waals surface area contributed by atoms with Crippen LogP contribution >= 0.6 is 0 Å².